The standard InChI is InChI=1S/C20H31NO2/c1-15(2)18-12-11-16(3)14-19(18)23-20(22)21-13-7-10-17-8-5-4-6-9-17/h4-6,8-9,15-16,18-19H,7,10-14H2,1-3H3,(H,21,22)/t16-,18?,19-/m1/s1. The van der Waals surface area contributed by atoms with Gasteiger partial charge >= 0.3 is 6.09 Å². The van der Waals surface area contributed by atoms with Crippen molar-refractivity contribution < 1.29 is 9.53 Å². The largest absolute Gasteiger partial charge is 0.446 e. The first kappa shape index (κ1) is 17.8. The zero-order chi connectivity index (χ0) is 16.7. The first-order chi connectivity index (χ1) is 11.1. The molecule has 1 amide bonds. The number of benzene rings is 1. The SMILES string of the molecule is CC(C)C1CC[C@@H](C)C[C@H]1OC(=O)NCCCc1ccccc1. The van der Waals surface area contributed by atoms with Crippen molar-refractivity contribution in [3.8, 4) is 0 Å². The fraction of sp³-hybridized carbons (Fsp3) is 0.650. The summed E-state index contributed by atoms with van der Waals surface area (Å²) in [5, 5.41) is 2.91. The number of alkyl carbamates (subject to hydrolysis) is 1. The first-order valence-corrected chi connectivity index (χ1v) is 9.04. The molecule has 1 aliphatic carbocycles. The Hall–Kier alpha value is -1.51. The summed E-state index contributed by atoms with van der Waals surface area (Å²) in [5.74, 6) is 1.72. The van der Waals surface area contributed by atoms with Crippen molar-refractivity contribution in [2.75, 3.05) is 6.54 Å². The van der Waals surface area contributed by atoms with Crippen LogP contribution < -0.4 is 5.32 Å². The van der Waals surface area contributed by atoms with E-state index in [2.05, 4.69) is 38.2 Å². The van der Waals surface area contributed by atoms with E-state index in [1.807, 2.05) is 18.2 Å². The van der Waals surface area contributed by atoms with Crippen LogP contribution in [0.5, 0.6) is 0 Å². The van der Waals surface area contributed by atoms with Crippen molar-refractivity contribution in [3.63, 3.8) is 0 Å². The molecule has 0 radical (unpaired) electrons. The van der Waals surface area contributed by atoms with Crippen LogP contribution >= 0.6 is 0 Å². The van der Waals surface area contributed by atoms with Crippen molar-refractivity contribution in [2.24, 2.45) is 17.8 Å². The summed E-state index contributed by atoms with van der Waals surface area (Å²) in [5.41, 5.74) is 1.31. The van der Waals surface area contributed by atoms with Gasteiger partial charge in [0.2, 0.25) is 0 Å². The van der Waals surface area contributed by atoms with Gasteiger partial charge in [-0.1, -0.05) is 57.5 Å². The number of rotatable bonds is 6. The molecule has 3 nitrogen and oxygen atoms in total. The molecule has 0 aliphatic heterocycles. The normalized spacial score (nSPS) is 24.4. The molecule has 1 aromatic carbocycles. The van der Waals surface area contributed by atoms with Gasteiger partial charge in [0.05, 0.1) is 0 Å². The quantitative estimate of drug-likeness (QED) is 0.765. The van der Waals surface area contributed by atoms with E-state index in [4.69, 9.17) is 4.74 Å². The number of aryl methyl sites for hydroxylation is 1. The molecule has 3 heteroatoms. The molecule has 3 atom stereocenters. The van der Waals surface area contributed by atoms with Crippen molar-refractivity contribution >= 4 is 6.09 Å². The highest BCUT2D eigenvalue weighted by Gasteiger charge is 2.33. The van der Waals surface area contributed by atoms with E-state index in [0.29, 0.717) is 24.3 Å². The average Bonchev–Trinajstić information content (AvgIpc) is 2.52. The van der Waals surface area contributed by atoms with Crippen molar-refractivity contribution in [2.45, 2.75) is 59.0 Å². The molecule has 1 unspecified atom stereocenters. The predicted molar refractivity (Wildman–Crippen MR) is 94.4 cm³/mol. The van der Waals surface area contributed by atoms with E-state index in [1.165, 1.54) is 18.4 Å². The summed E-state index contributed by atoms with van der Waals surface area (Å²) in [6.07, 6.45) is 5.17. The minimum Gasteiger partial charge on any atom is -0.446 e. The Kier molecular flexibility index (Phi) is 6.94. The summed E-state index contributed by atoms with van der Waals surface area (Å²) in [4.78, 5) is 12.1. The van der Waals surface area contributed by atoms with Gasteiger partial charge in [0.1, 0.15) is 6.10 Å². The zero-order valence-electron chi connectivity index (χ0n) is 14.8. The highest BCUT2D eigenvalue weighted by molar-refractivity contribution is 5.67. The highest BCUT2D eigenvalue weighted by atomic mass is 16.6. The Morgan fingerprint density at radius 1 is 1.26 bits per heavy atom. The third-order valence-electron chi connectivity index (χ3n) is 4.97. The van der Waals surface area contributed by atoms with Gasteiger partial charge in [0.15, 0.2) is 0 Å². The van der Waals surface area contributed by atoms with Crippen LogP contribution in [0.2, 0.25) is 0 Å². The fourth-order valence-corrected chi connectivity index (χ4v) is 3.56. The van der Waals surface area contributed by atoms with Crippen molar-refractivity contribution in [1.29, 1.82) is 0 Å². The smallest absolute Gasteiger partial charge is 0.407 e. The van der Waals surface area contributed by atoms with Crippen LogP contribution in [0.1, 0.15) is 52.0 Å². The number of carbonyl (C=O) groups excluding carboxylic acids is 1. The molecule has 1 fully saturated rings. The van der Waals surface area contributed by atoms with Gasteiger partial charge in [-0.2, -0.15) is 0 Å². The Balaban J connectivity index is 1.70. The minimum absolute atomic E-state index is 0.0767. The number of hydrogen-bond donors (Lipinski definition) is 1. The minimum atomic E-state index is -0.247. The third-order valence-corrected chi connectivity index (χ3v) is 4.97. The van der Waals surface area contributed by atoms with Crippen LogP contribution in [0.25, 0.3) is 0 Å². The number of carbonyl (C=O) groups is 1. The van der Waals surface area contributed by atoms with Gasteiger partial charge in [-0.3, -0.25) is 0 Å². The molecule has 23 heavy (non-hydrogen) atoms. The number of ether oxygens (including phenoxy) is 1. The molecule has 128 valence electrons. The summed E-state index contributed by atoms with van der Waals surface area (Å²) in [6, 6.07) is 10.4. The van der Waals surface area contributed by atoms with E-state index in [9.17, 15) is 4.79 Å². The lowest BCUT2D eigenvalue weighted by molar-refractivity contribution is 0.00624. The van der Waals surface area contributed by atoms with E-state index in [0.717, 1.165) is 19.3 Å². The number of nitrogens with one attached hydrogen (secondary N) is 1. The third kappa shape index (κ3) is 5.89. The second kappa shape index (κ2) is 8.95. The maximum atomic E-state index is 12.1. The Bertz CT molecular complexity index is 472. The second-order valence-electron chi connectivity index (χ2n) is 7.29. The first-order valence-electron chi connectivity index (χ1n) is 9.04. The maximum Gasteiger partial charge on any atom is 0.407 e. The molecule has 0 aromatic heterocycles. The number of amides is 1. The van der Waals surface area contributed by atoms with Crippen LogP contribution in [0.4, 0.5) is 4.79 Å². The van der Waals surface area contributed by atoms with Gasteiger partial charge in [-0.05, 0) is 49.0 Å². The van der Waals surface area contributed by atoms with E-state index < -0.39 is 0 Å². The highest BCUT2D eigenvalue weighted by Crippen LogP contribution is 2.35. The molecule has 0 saturated heterocycles. The van der Waals surface area contributed by atoms with Crippen LogP contribution in [0.15, 0.2) is 30.3 Å². The molecule has 0 bridgehead atoms. The summed E-state index contributed by atoms with van der Waals surface area (Å²) in [6.45, 7) is 7.39. The lowest BCUT2D eigenvalue weighted by atomic mass is 9.75. The molecular formula is C20H31NO2. The van der Waals surface area contributed by atoms with E-state index in [1.54, 1.807) is 0 Å². The Labute approximate surface area is 140 Å². The second-order valence-corrected chi connectivity index (χ2v) is 7.29. The topological polar surface area (TPSA) is 38.3 Å². The molecule has 0 spiro atoms. The Morgan fingerprint density at radius 2 is 2.00 bits per heavy atom. The summed E-state index contributed by atoms with van der Waals surface area (Å²) in [7, 11) is 0. The van der Waals surface area contributed by atoms with E-state index in [-0.39, 0.29) is 12.2 Å². The molecule has 1 aliphatic rings. The van der Waals surface area contributed by atoms with Crippen LogP contribution in [0.3, 0.4) is 0 Å². The summed E-state index contributed by atoms with van der Waals surface area (Å²) >= 11 is 0. The average molecular weight is 317 g/mol. The lowest BCUT2D eigenvalue weighted by Gasteiger charge is -2.36. The van der Waals surface area contributed by atoms with Gasteiger partial charge < -0.3 is 10.1 Å². The van der Waals surface area contributed by atoms with Crippen LogP contribution in [-0.4, -0.2) is 18.7 Å². The molecule has 1 saturated carbocycles. The Morgan fingerprint density at radius 3 is 2.70 bits per heavy atom. The van der Waals surface area contributed by atoms with E-state index >= 15 is 0 Å². The maximum absolute atomic E-state index is 12.1. The monoisotopic (exact) mass is 317 g/mol. The molecule has 2 rings (SSSR count). The van der Waals surface area contributed by atoms with Gasteiger partial charge in [-0.25, -0.2) is 4.79 Å². The van der Waals surface area contributed by atoms with Gasteiger partial charge in [0, 0.05) is 6.54 Å². The predicted octanol–water partition coefficient (Wildman–Crippen LogP) is 4.81. The van der Waals surface area contributed by atoms with Crippen LogP contribution in [0, 0.1) is 17.8 Å². The van der Waals surface area contributed by atoms with Gasteiger partial charge in [-0.15, -0.1) is 0 Å². The van der Waals surface area contributed by atoms with Gasteiger partial charge in [0.25, 0.3) is 0 Å². The molecule has 1 N–H and O–H groups in total. The zero-order valence-corrected chi connectivity index (χ0v) is 14.8. The fourth-order valence-electron chi connectivity index (χ4n) is 3.56. The lowest BCUT2D eigenvalue weighted by Crippen LogP contribution is -2.39. The molecule has 1 aromatic rings. The summed E-state index contributed by atoms with van der Waals surface area (Å²) < 4.78 is 5.74. The van der Waals surface area contributed by atoms with Crippen molar-refractivity contribution in [3.05, 3.63) is 35.9 Å². The van der Waals surface area contributed by atoms with Crippen molar-refractivity contribution in [1.82, 2.24) is 5.32 Å². The van der Waals surface area contributed by atoms with Crippen LogP contribution in [-0.2, 0) is 11.2 Å². The number of hydrogen-bond acceptors (Lipinski definition) is 2. The molecular weight excluding hydrogens is 286 g/mol. The molecule has 0 heterocycles.